The van der Waals surface area contributed by atoms with Crippen LogP contribution in [0.1, 0.15) is 107 Å². The van der Waals surface area contributed by atoms with Gasteiger partial charge in [0.1, 0.15) is 86.1 Å². The molecule has 0 aromatic rings. The molecule has 23 nitrogen and oxygen atoms in total. The van der Waals surface area contributed by atoms with Gasteiger partial charge in [-0.3, -0.25) is 4.79 Å². The van der Waals surface area contributed by atoms with Gasteiger partial charge in [0.25, 0.3) is 0 Å². The summed E-state index contributed by atoms with van der Waals surface area (Å²) in [6.45, 7) is 18.5. The van der Waals surface area contributed by atoms with Crippen LogP contribution >= 0.6 is 0 Å². The zero-order valence-corrected chi connectivity index (χ0v) is 55.8. The van der Waals surface area contributed by atoms with Crippen molar-refractivity contribution in [1.82, 2.24) is 0 Å². The van der Waals surface area contributed by atoms with Crippen LogP contribution in [0, 0.1) is 50.2 Å². The molecule has 0 aromatic heterocycles. The molecule has 0 radical (unpaired) electrons. The predicted octanol–water partition coefficient (Wildman–Crippen LogP) is 6.15. The van der Waals surface area contributed by atoms with E-state index in [1.54, 1.807) is 69.7 Å². The highest BCUT2D eigenvalue weighted by Gasteiger charge is 2.74. The SMILES string of the molecule is C/C=C(/C)C(=O)O[C@H]1[C@H](OC)[C@]2(COC(C)=O)[C@H](OC)C[C@]3(C)C(=CC[C@@H]4[C@@]5(C)CC[C@H](O[C@@H]6O[C@H](C(=O)OC)[C@@H](OC)[C@H](O[C@H]7OC[C@H](OC)[C@H](OC)[C@H]7OC)[C@H]6O[C@@H]6O[C@H](COC)[C@H](OC)[C@H](OC)[C@H]6OC)[C@@](C)(C=O)[C@@H]5CC[C@]43C)[C@@H]2CC1(C)C. The molecular weight excluding hydrogens is 1150 g/mol. The number of allylic oxidation sites excluding steroid dienone is 3. The van der Waals surface area contributed by atoms with Gasteiger partial charge in [0.2, 0.25) is 0 Å². The number of rotatable bonds is 23. The minimum atomic E-state index is -1.47. The quantitative estimate of drug-likeness (QED) is 0.0278. The van der Waals surface area contributed by atoms with Gasteiger partial charge in [0, 0.05) is 89.0 Å². The smallest absolute Gasteiger partial charge is 0.337 e. The number of aldehydes is 1. The Morgan fingerprint density at radius 3 is 1.84 bits per heavy atom. The maximum atomic E-state index is 14.5. The van der Waals surface area contributed by atoms with Crippen LogP contribution in [0.25, 0.3) is 0 Å². The largest absolute Gasteiger partial charge is 0.467 e. The van der Waals surface area contributed by atoms with Crippen molar-refractivity contribution >= 4 is 24.2 Å². The van der Waals surface area contributed by atoms with E-state index in [2.05, 4.69) is 40.7 Å². The van der Waals surface area contributed by atoms with Crippen LogP contribution in [-0.4, -0.2) is 233 Å². The van der Waals surface area contributed by atoms with Crippen molar-refractivity contribution in [2.45, 2.75) is 218 Å². The summed E-state index contributed by atoms with van der Waals surface area (Å²) in [5.41, 5.74) is -2.13. The van der Waals surface area contributed by atoms with E-state index < -0.39 is 155 Å². The van der Waals surface area contributed by atoms with Crippen molar-refractivity contribution in [2.75, 3.05) is 98.0 Å². The van der Waals surface area contributed by atoms with Gasteiger partial charge in [0.05, 0.1) is 43.4 Å². The van der Waals surface area contributed by atoms with Gasteiger partial charge in [-0.05, 0) is 92.8 Å². The number of esters is 3. The average molecular weight is 1250 g/mol. The van der Waals surface area contributed by atoms with Crippen LogP contribution in [0.5, 0.6) is 0 Å². The fourth-order valence-corrected chi connectivity index (χ4v) is 18.2. The number of carbonyl (C=O) groups is 4. The molecule has 3 aliphatic heterocycles. The second-order valence-electron chi connectivity index (χ2n) is 27.3. The third kappa shape index (κ3) is 11.9. The lowest BCUT2D eigenvalue weighted by molar-refractivity contribution is -0.396. The van der Waals surface area contributed by atoms with Gasteiger partial charge in [-0.15, -0.1) is 0 Å². The van der Waals surface area contributed by atoms with E-state index in [9.17, 15) is 19.2 Å². The highest BCUT2D eigenvalue weighted by atomic mass is 16.8. The first-order valence-corrected chi connectivity index (χ1v) is 31.2. The third-order valence-electron chi connectivity index (χ3n) is 23.1. The Hall–Kier alpha value is -3.08. The molecule has 0 N–H and O–H groups in total. The minimum Gasteiger partial charge on any atom is -0.467 e. The lowest BCUT2D eigenvalue weighted by Gasteiger charge is -2.72. The fourth-order valence-electron chi connectivity index (χ4n) is 18.2. The summed E-state index contributed by atoms with van der Waals surface area (Å²) in [4.78, 5) is 55.3. The molecular formula is C65H104O23. The van der Waals surface area contributed by atoms with Crippen molar-refractivity contribution in [2.24, 2.45) is 50.2 Å². The molecule has 26 atom stereocenters. The monoisotopic (exact) mass is 1250 g/mol. The summed E-state index contributed by atoms with van der Waals surface area (Å²) in [6, 6.07) is 0. The first-order chi connectivity index (χ1) is 41.8. The summed E-state index contributed by atoms with van der Waals surface area (Å²) in [5, 5.41) is 0. The van der Waals surface area contributed by atoms with Crippen LogP contribution in [0.15, 0.2) is 23.3 Å². The summed E-state index contributed by atoms with van der Waals surface area (Å²) in [5.74, 6) is -1.98. The number of methoxy groups -OCH3 is 11. The summed E-state index contributed by atoms with van der Waals surface area (Å²) >= 11 is 0. The standard InChI is InChI=1S/C65H104O23/c1-21-34(2)55(68)88-53-54(79-19)65(33-82-35(3)67)37(28-60(53,4)5)36-22-23-41-61(6)26-25-42(62(7,32-66)40(61)24-27-63(41,8)64(36,9)29-43(65)72-12)84-59-52(87-58-51(78-18)46(75-15)45(74-14)39(83-58)30-70-10)48(47(76-16)49(86-59)56(69)80-20)85-57-50(77-17)44(73-13)38(71-11)31-81-57/h21-22,32,37-54,57-59H,23-31,33H2,1-20H3/b34-21-/t37-,38-,39+,40+,41+,42-,43+,44-,45-,46-,47-,48-,49-,50+,51+,52+,53-,54-,57+,58-,59+,61-,62-,63+,64+,65-/m0/s1. The van der Waals surface area contributed by atoms with Crippen LogP contribution < -0.4 is 0 Å². The molecule has 3 heterocycles. The number of ether oxygens (including phenoxy) is 19. The Morgan fingerprint density at radius 1 is 0.636 bits per heavy atom. The third-order valence-corrected chi connectivity index (χ3v) is 23.1. The van der Waals surface area contributed by atoms with Gasteiger partial charge in [-0.25, -0.2) is 9.59 Å². The molecule has 0 unspecified atom stereocenters. The van der Waals surface area contributed by atoms with Crippen molar-refractivity contribution in [1.29, 1.82) is 0 Å². The molecule has 5 aliphatic carbocycles. The summed E-state index contributed by atoms with van der Waals surface area (Å²) in [6.07, 6.45) is -7.37. The maximum absolute atomic E-state index is 14.5. The molecule has 8 aliphatic rings. The van der Waals surface area contributed by atoms with Crippen molar-refractivity contribution in [3.05, 3.63) is 23.3 Å². The van der Waals surface area contributed by atoms with Gasteiger partial charge < -0.3 is 94.8 Å². The van der Waals surface area contributed by atoms with Gasteiger partial charge in [0.15, 0.2) is 25.0 Å². The van der Waals surface area contributed by atoms with Crippen molar-refractivity contribution < 1.29 is 109 Å². The molecule has 0 bridgehead atoms. The van der Waals surface area contributed by atoms with E-state index in [1.807, 2.05) is 6.92 Å². The minimum absolute atomic E-state index is 0.00120. The topological polar surface area (TPSA) is 244 Å². The number of fused-ring (bicyclic) bond motifs is 7. The molecule has 0 amide bonds. The molecule has 3 saturated heterocycles. The average Bonchev–Trinajstić information content (AvgIpc) is 0.680. The molecule has 502 valence electrons. The maximum Gasteiger partial charge on any atom is 0.337 e. The van der Waals surface area contributed by atoms with Crippen molar-refractivity contribution in [3.8, 4) is 0 Å². The fraction of sp³-hybridized carbons (Fsp3) is 0.877. The Kier molecular flexibility index (Phi) is 22.7. The van der Waals surface area contributed by atoms with E-state index in [1.165, 1.54) is 40.9 Å². The Labute approximate surface area is 520 Å². The normalized spacial score (nSPS) is 45.8. The highest BCUT2D eigenvalue weighted by molar-refractivity contribution is 5.87. The van der Waals surface area contributed by atoms with E-state index in [-0.39, 0.29) is 43.0 Å². The van der Waals surface area contributed by atoms with Gasteiger partial charge in [-0.1, -0.05) is 59.3 Å². The zero-order valence-electron chi connectivity index (χ0n) is 55.8. The second kappa shape index (κ2) is 28.2. The molecule has 88 heavy (non-hydrogen) atoms. The molecule has 7 fully saturated rings. The molecule has 0 aromatic carbocycles. The molecule has 8 rings (SSSR count). The highest BCUT2D eigenvalue weighted by Crippen LogP contribution is 2.76. The Morgan fingerprint density at radius 2 is 1.27 bits per heavy atom. The Bertz CT molecular complexity index is 2470. The Balaban J connectivity index is 1.19. The van der Waals surface area contributed by atoms with E-state index in [0.29, 0.717) is 44.1 Å². The van der Waals surface area contributed by atoms with Crippen LogP contribution in [0.4, 0.5) is 0 Å². The van der Waals surface area contributed by atoms with Crippen LogP contribution in [0.2, 0.25) is 0 Å². The molecule has 4 saturated carbocycles. The summed E-state index contributed by atoms with van der Waals surface area (Å²) < 4.78 is 120. The van der Waals surface area contributed by atoms with E-state index in [4.69, 9.17) is 90.0 Å². The van der Waals surface area contributed by atoms with Crippen molar-refractivity contribution in [3.63, 3.8) is 0 Å². The first-order valence-electron chi connectivity index (χ1n) is 31.2. The lowest BCUT2D eigenvalue weighted by atomic mass is 9.33. The van der Waals surface area contributed by atoms with E-state index >= 15 is 0 Å². The van der Waals surface area contributed by atoms with Gasteiger partial charge in [-0.2, -0.15) is 0 Å². The zero-order chi connectivity index (χ0) is 64.6. The second-order valence-corrected chi connectivity index (χ2v) is 27.3. The predicted molar refractivity (Wildman–Crippen MR) is 314 cm³/mol. The van der Waals surface area contributed by atoms with Gasteiger partial charge >= 0.3 is 17.9 Å². The lowest BCUT2D eigenvalue weighted by Crippen LogP contribution is -2.73. The number of hydrogen-bond acceptors (Lipinski definition) is 23. The summed E-state index contributed by atoms with van der Waals surface area (Å²) in [7, 11) is 16.8. The first kappa shape index (κ1) is 70.8. The molecule has 0 spiro atoms. The van der Waals surface area contributed by atoms with E-state index in [0.717, 1.165) is 12.7 Å². The molecule has 23 heteroatoms. The number of hydrogen-bond donors (Lipinski definition) is 0. The van der Waals surface area contributed by atoms with Crippen LogP contribution in [-0.2, 0) is 109 Å². The number of carbonyl (C=O) groups excluding carboxylic acids is 4. The van der Waals surface area contributed by atoms with Crippen LogP contribution in [0.3, 0.4) is 0 Å².